The molecule has 3 aromatic heterocycles. The van der Waals surface area contributed by atoms with Crippen LogP contribution in [-0.4, -0.2) is 70.2 Å². The number of nitrogens with one attached hydrogen (secondary N) is 2. The van der Waals surface area contributed by atoms with Crippen LogP contribution in [0.15, 0.2) is 24.3 Å². The third kappa shape index (κ3) is 8.34. The predicted octanol–water partition coefficient (Wildman–Crippen LogP) is 12.5. The summed E-state index contributed by atoms with van der Waals surface area (Å²) in [4.78, 5) is 75.6. The minimum Gasteiger partial charge on any atom is -0.465 e. The fraction of sp³-hybridized carbons (Fsp3) is 0.600. The quantitative estimate of drug-likeness (QED) is 0.113. The van der Waals surface area contributed by atoms with E-state index in [0.717, 1.165) is 144 Å². The van der Waals surface area contributed by atoms with E-state index in [2.05, 4.69) is 114 Å². The molecule has 12 nitrogen and oxygen atoms in total. The normalized spacial score (nSPS) is 30.8. The van der Waals surface area contributed by atoms with Crippen molar-refractivity contribution in [1.82, 2.24) is 19.9 Å². The second-order valence-corrected chi connectivity index (χ2v) is 24.7. The Morgan fingerprint density at radius 2 is 0.556 bits per heavy atom. The van der Waals surface area contributed by atoms with Gasteiger partial charge in [-0.3, -0.25) is 19.2 Å². The molecule has 0 spiro atoms. The number of carbonyl (C=O) groups excluding carboxylic acids is 4. The van der Waals surface area contributed by atoms with Crippen LogP contribution >= 0.6 is 0 Å². The summed E-state index contributed by atoms with van der Waals surface area (Å²) in [5.41, 5.74) is 8.24. The van der Waals surface area contributed by atoms with Crippen LogP contribution < -0.4 is 0 Å². The van der Waals surface area contributed by atoms with E-state index in [1.165, 1.54) is 0 Å². The highest BCUT2D eigenvalue weighted by Crippen LogP contribution is 2.70. The minimum atomic E-state index is -0.435. The summed E-state index contributed by atoms with van der Waals surface area (Å²) in [6.07, 6.45) is 19.4. The first-order valence-corrected chi connectivity index (χ1v) is 27.3. The van der Waals surface area contributed by atoms with E-state index >= 15 is 0 Å². The van der Waals surface area contributed by atoms with Gasteiger partial charge in [0.15, 0.2) is 0 Å². The first kappa shape index (κ1) is 48.7. The van der Waals surface area contributed by atoms with Gasteiger partial charge in [0, 0.05) is 68.0 Å². The largest absolute Gasteiger partial charge is 0.465 e. The number of H-pyrrole nitrogens is 2. The van der Waals surface area contributed by atoms with Crippen LogP contribution in [0, 0.1) is 45.3 Å². The zero-order valence-electron chi connectivity index (χ0n) is 43.7. The summed E-state index contributed by atoms with van der Waals surface area (Å²) < 4.78 is 24.3. The lowest BCUT2D eigenvalue weighted by Gasteiger charge is -2.08. The van der Waals surface area contributed by atoms with Crippen LogP contribution in [0.4, 0.5) is 0 Å². The number of carbonyl (C=O) groups is 4. The minimum absolute atomic E-state index is 0.186. The van der Waals surface area contributed by atoms with Crippen molar-refractivity contribution in [3.63, 3.8) is 0 Å². The molecule has 0 saturated heterocycles. The molecular formula is C60H74N4O8. The third-order valence-electron chi connectivity index (χ3n) is 18.5. The first-order chi connectivity index (χ1) is 34.5. The Morgan fingerprint density at radius 1 is 0.347 bits per heavy atom. The van der Waals surface area contributed by atoms with Gasteiger partial charge in [-0.25, -0.2) is 9.97 Å². The van der Waals surface area contributed by atoms with Gasteiger partial charge in [-0.2, -0.15) is 0 Å². The fourth-order valence-corrected chi connectivity index (χ4v) is 13.9. The van der Waals surface area contributed by atoms with Crippen LogP contribution in [0.5, 0.6) is 0 Å². The number of hydrogen-bond donors (Lipinski definition) is 2. The Kier molecular flexibility index (Phi) is 12.3. The molecule has 11 rings (SSSR count). The maximum absolute atomic E-state index is 14.2. The van der Waals surface area contributed by atoms with Crippen molar-refractivity contribution >= 4 is 70.2 Å². The maximum atomic E-state index is 14.2. The fourth-order valence-electron chi connectivity index (χ4n) is 13.9. The molecular weight excluding hydrogens is 905 g/mol. The van der Waals surface area contributed by atoms with E-state index in [4.69, 9.17) is 28.9 Å². The van der Waals surface area contributed by atoms with Gasteiger partial charge in [0.2, 0.25) is 0 Å². The van der Waals surface area contributed by atoms with Crippen LogP contribution in [-0.2, 0) is 38.1 Å². The topological polar surface area (TPSA) is 163 Å². The molecule has 12 bridgehead atoms. The lowest BCUT2D eigenvalue weighted by atomic mass is 10.0. The number of nitrogens with zero attached hydrogens (tertiary/aromatic N) is 2. The highest BCUT2D eigenvalue weighted by Gasteiger charge is 2.67. The average Bonchev–Trinajstić information content (AvgIpc) is 3.95. The van der Waals surface area contributed by atoms with Crippen molar-refractivity contribution in [2.24, 2.45) is 45.3 Å². The van der Waals surface area contributed by atoms with Gasteiger partial charge in [-0.05, 0) is 95.9 Å². The molecule has 4 fully saturated rings. The maximum Gasteiger partial charge on any atom is 0.310 e. The Morgan fingerprint density at radius 3 is 0.778 bits per heavy atom. The van der Waals surface area contributed by atoms with E-state index < -0.39 is 21.7 Å². The second kappa shape index (κ2) is 18.1. The van der Waals surface area contributed by atoms with Crippen molar-refractivity contribution in [2.75, 3.05) is 26.4 Å². The van der Waals surface area contributed by atoms with Crippen molar-refractivity contribution in [3.8, 4) is 0 Å². The molecule has 4 aliphatic carbocycles. The molecule has 7 heterocycles. The summed E-state index contributed by atoms with van der Waals surface area (Å²) in [7, 11) is 0. The van der Waals surface area contributed by atoms with Gasteiger partial charge in [0.25, 0.3) is 0 Å². The molecule has 2 N–H and O–H groups in total. The van der Waals surface area contributed by atoms with Gasteiger partial charge in [-0.15, -0.1) is 0 Å². The number of hydrogen-bond acceptors (Lipinski definition) is 10. The Bertz CT molecular complexity index is 2570. The number of esters is 4. The second-order valence-electron chi connectivity index (χ2n) is 24.7. The number of cyclic esters (lactones) is 4. The molecule has 4 unspecified atom stereocenters. The van der Waals surface area contributed by atoms with Gasteiger partial charge in [0.05, 0.1) is 72.9 Å². The first-order valence-electron chi connectivity index (χ1n) is 27.3. The number of aromatic nitrogens is 4. The van der Waals surface area contributed by atoms with Gasteiger partial charge in [0.1, 0.15) is 0 Å². The molecule has 8 aliphatic rings. The number of rotatable bonds is 0. The number of aromatic amines is 2. The van der Waals surface area contributed by atoms with Gasteiger partial charge >= 0.3 is 23.9 Å². The highest BCUT2D eigenvalue weighted by molar-refractivity contribution is 5.91. The van der Waals surface area contributed by atoms with Crippen molar-refractivity contribution in [1.29, 1.82) is 0 Å². The summed E-state index contributed by atoms with van der Waals surface area (Å²) >= 11 is 0. The summed E-state index contributed by atoms with van der Waals surface area (Å²) in [6.45, 7) is 18.7. The predicted molar refractivity (Wildman–Crippen MR) is 278 cm³/mol. The summed E-state index contributed by atoms with van der Waals surface area (Å²) in [5.74, 6) is -3.18. The van der Waals surface area contributed by atoms with Gasteiger partial charge < -0.3 is 28.9 Å². The van der Waals surface area contributed by atoms with Crippen LogP contribution in [0.2, 0.25) is 0 Å². The molecule has 8 atom stereocenters. The summed E-state index contributed by atoms with van der Waals surface area (Å²) in [6, 6.07) is 8.36. The van der Waals surface area contributed by atoms with Crippen molar-refractivity contribution in [2.45, 2.75) is 156 Å². The molecule has 382 valence electrons. The van der Waals surface area contributed by atoms with Crippen LogP contribution in [0.1, 0.15) is 201 Å². The standard InChI is InChI=1S/C60H74N4O8/c1-57(2)45-41-33-21-22-34(61-33)42(46-50(58(46,3)4)54(66)70-30-18-14-10-9-13-17-29-69-53(65)49(45)57)39-27-28-40(64-39)44-36-24-23-35(62-36)43(38-26-25-37(41)63-38)47-51(59(47,5)6)55(67)71-31-19-15-11-12-16-20-32-72-56(68)52-48(44)60(52,7)8/h21-28,45-52,63-64H,9-20,29-32H2,1-8H3/t45?,46?,47?,48?,49-,50-,51-,52-/m0/s1. The monoisotopic (exact) mass is 979 g/mol. The SMILES string of the molecule is CC1(C)C2c3c4nc(c(c5ccc([nH]5)c5c6nc(c(c7ccc3[nH]7)C3[C@@H](C(=O)OCCCCCCCCOC(=O)[C@@H]7C5C7(C)C)C3(C)C)C=C6)C3[C@@H](C(=O)OCCCCCCCCOC(=O)[C@H]21)C3(C)C)C=C4. The van der Waals surface area contributed by atoms with E-state index in [0.29, 0.717) is 26.4 Å². The number of ether oxygens (including phenoxy) is 4. The Labute approximate surface area is 423 Å². The zero-order chi connectivity index (χ0) is 50.5. The summed E-state index contributed by atoms with van der Waals surface area (Å²) in [5, 5.41) is 0. The number of fused-ring (bicyclic) bond motifs is 16. The molecule has 0 aromatic carbocycles. The molecule has 4 aliphatic heterocycles. The van der Waals surface area contributed by atoms with E-state index in [9.17, 15) is 19.2 Å². The van der Waals surface area contributed by atoms with Crippen molar-refractivity contribution < 1.29 is 38.1 Å². The molecule has 0 radical (unpaired) electrons. The lowest BCUT2D eigenvalue weighted by Crippen LogP contribution is -2.12. The Hall–Kier alpha value is -5.52. The molecule has 4 saturated carbocycles. The Balaban J connectivity index is 1.18. The van der Waals surface area contributed by atoms with Crippen LogP contribution in [0.3, 0.4) is 0 Å². The van der Waals surface area contributed by atoms with E-state index in [1.807, 2.05) is 0 Å². The molecule has 72 heavy (non-hydrogen) atoms. The van der Waals surface area contributed by atoms with Crippen molar-refractivity contribution in [3.05, 3.63) is 69.3 Å². The third-order valence-corrected chi connectivity index (χ3v) is 18.5. The smallest absolute Gasteiger partial charge is 0.310 e. The molecule has 0 amide bonds. The zero-order valence-corrected chi connectivity index (χ0v) is 43.7. The highest BCUT2D eigenvalue weighted by atomic mass is 16.5. The van der Waals surface area contributed by atoms with Gasteiger partial charge in [-0.1, -0.05) is 107 Å². The van der Waals surface area contributed by atoms with Crippen LogP contribution in [0.25, 0.3) is 46.4 Å². The van der Waals surface area contributed by atoms with E-state index in [-0.39, 0.29) is 71.2 Å². The lowest BCUT2D eigenvalue weighted by molar-refractivity contribution is -0.147. The molecule has 3 aromatic rings. The average molecular weight is 979 g/mol. The molecule has 12 heteroatoms. The van der Waals surface area contributed by atoms with E-state index in [1.54, 1.807) is 0 Å².